The van der Waals surface area contributed by atoms with Crippen LogP contribution in [-0.2, 0) is 4.79 Å². The van der Waals surface area contributed by atoms with Crippen LogP contribution >= 0.6 is 11.3 Å². The first-order valence-electron chi connectivity index (χ1n) is 6.00. The van der Waals surface area contributed by atoms with E-state index >= 15 is 0 Å². The van der Waals surface area contributed by atoms with E-state index in [1.54, 1.807) is 11.3 Å². The zero-order chi connectivity index (χ0) is 12.3. The Bertz CT molecular complexity index is 359. The lowest BCUT2D eigenvalue weighted by Crippen LogP contribution is -2.36. The summed E-state index contributed by atoms with van der Waals surface area (Å²) in [4.78, 5) is 17.4. The van der Waals surface area contributed by atoms with Gasteiger partial charge in [-0.15, -0.1) is 11.3 Å². The first-order valence-corrected chi connectivity index (χ1v) is 6.95. The van der Waals surface area contributed by atoms with Gasteiger partial charge in [-0.2, -0.15) is 0 Å². The van der Waals surface area contributed by atoms with Crippen LogP contribution < -0.4 is 0 Å². The first kappa shape index (κ1) is 12.5. The van der Waals surface area contributed by atoms with Crippen LogP contribution in [0.1, 0.15) is 37.9 Å². The van der Waals surface area contributed by atoms with Crippen LogP contribution in [0.25, 0.3) is 0 Å². The van der Waals surface area contributed by atoms with Crippen LogP contribution in [0, 0.1) is 5.92 Å². The zero-order valence-corrected chi connectivity index (χ0v) is 10.8. The number of likely N-dealkylation sites (tertiary alicyclic amines) is 1. The summed E-state index contributed by atoms with van der Waals surface area (Å²) >= 11 is 1.63. The van der Waals surface area contributed by atoms with Gasteiger partial charge in [0.2, 0.25) is 0 Å². The van der Waals surface area contributed by atoms with E-state index in [1.165, 1.54) is 0 Å². The van der Waals surface area contributed by atoms with Gasteiger partial charge in [0.05, 0.1) is 17.2 Å². The number of nitrogens with zero attached hydrogens (tertiary/aromatic N) is 2. The van der Waals surface area contributed by atoms with Crippen LogP contribution in [0.15, 0.2) is 10.9 Å². The van der Waals surface area contributed by atoms with Crippen LogP contribution in [0.4, 0.5) is 0 Å². The molecule has 0 spiro atoms. The fraction of sp³-hybridized carbons (Fsp3) is 0.667. The topological polar surface area (TPSA) is 53.4 Å². The minimum atomic E-state index is -0.670. The molecule has 0 aromatic carbocycles. The summed E-state index contributed by atoms with van der Waals surface area (Å²) in [6.07, 6.45) is 2.29. The highest BCUT2D eigenvalue weighted by Crippen LogP contribution is 2.27. The molecule has 5 heteroatoms. The monoisotopic (exact) mass is 254 g/mol. The molecule has 1 aromatic rings. The predicted molar refractivity (Wildman–Crippen MR) is 67.1 cm³/mol. The third-order valence-corrected chi connectivity index (χ3v) is 4.14. The Kier molecular flexibility index (Phi) is 4.12. The van der Waals surface area contributed by atoms with Crippen molar-refractivity contribution in [2.45, 2.75) is 32.2 Å². The number of aromatic nitrogens is 1. The number of carboxylic acid groups (broad SMARTS) is 1. The highest BCUT2D eigenvalue weighted by molar-refractivity contribution is 7.07. The molecule has 1 unspecified atom stereocenters. The minimum Gasteiger partial charge on any atom is -0.481 e. The van der Waals surface area contributed by atoms with Crippen molar-refractivity contribution < 1.29 is 9.90 Å². The van der Waals surface area contributed by atoms with Crippen molar-refractivity contribution >= 4 is 17.3 Å². The third kappa shape index (κ3) is 3.26. The summed E-state index contributed by atoms with van der Waals surface area (Å²) in [6, 6.07) is 0.354. The van der Waals surface area contributed by atoms with Gasteiger partial charge < -0.3 is 5.11 Å². The van der Waals surface area contributed by atoms with E-state index in [4.69, 9.17) is 5.11 Å². The van der Waals surface area contributed by atoms with Crippen molar-refractivity contribution in [1.82, 2.24) is 9.88 Å². The van der Waals surface area contributed by atoms with Gasteiger partial charge >= 0.3 is 5.97 Å². The molecular weight excluding hydrogens is 236 g/mol. The number of thiazole rings is 1. The highest BCUT2D eigenvalue weighted by Gasteiger charge is 2.25. The molecule has 1 aromatic heterocycles. The standard InChI is InChI=1S/C12H18N2O2S/c1-9(11-7-17-8-13-11)14-4-2-10(3-5-14)6-12(15)16/h7-10H,2-6H2,1H3,(H,15,16). The van der Waals surface area contributed by atoms with E-state index in [2.05, 4.69) is 22.2 Å². The summed E-state index contributed by atoms with van der Waals surface area (Å²) < 4.78 is 0. The molecule has 1 atom stereocenters. The van der Waals surface area contributed by atoms with E-state index in [-0.39, 0.29) is 0 Å². The number of carboxylic acids is 1. The fourth-order valence-corrected chi connectivity index (χ4v) is 3.05. The van der Waals surface area contributed by atoms with E-state index in [0.29, 0.717) is 18.4 Å². The van der Waals surface area contributed by atoms with Gasteiger partial charge in [-0.1, -0.05) is 0 Å². The number of aliphatic carboxylic acids is 1. The Morgan fingerprint density at radius 1 is 1.65 bits per heavy atom. The molecule has 1 aliphatic rings. The van der Waals surface area contributed by atoms with Gasteiger partial charge in [-0.25, -0.2) is 4.98 Å². The maximum absolute atomic E-state index is 10.6. The first-order chi connectivity index (χ1) is 8.16. The Morgan fingerprint density at radius 2 is 2.35 bits per heavy atom. The molecule has 1 N–H and O–H groups in total. The SMILES string of the molecule is CC(c1cscn1)N1CCC(CC(=O)O)CC1. The molecule has 0 bridgehead atoms. The smallest absolute Gasteiger partial charge is 0.303 e. The summed E-state index contributed by atoms with van der Waals surface area (Å²) in [5.41, 5.74) is 3.00. The quantitative estimate of drug-likeness (QED) is 0.896. The second kappa shape index (κ2) is 5.60. The molecule has 1 saturated heterocycles. The number of hydrogen-bond acceptors (Lipinski definition) is 4. The normalized spacial score (nSPS) is 20.3. The maximum atomic E-state index is 10.6. The van der Waals surface area contributed by atoms with Gasteiger partial charge in [0.25, 0.3) is 0 Å². The van der Waals surface area contributed by atoms with Crippen molar-refractivity contribution in [3.63, 3.8) is 0 Å². The molecule has 0 aliphatic carbocycles. The average Bonchev–Trinajstić information content (AvgIpc) is 2.82. The van der Waals surface area contributed by atoms with Crippen molar-refractivity contribution in [2.75, 3.05) is 13.1 Å². The molecule has 1 aliphatic heterocycles. The largest absolute Gasteiger partial charge is 0.481 e. The molecule has 0 saturated carbocycles. The highest BCUT2D eigenvalue weighted by atomic mass is 32.1. The molecule has 4 nitrogen and oxygen atoms in total. The van der Waals surface area contributed by atoms with Gasteiger partial charge in [0, 0.05) is 11.8 Å². The minimum absolute atomic E-state index is 0.318. The lowest BCUT2D eigenvalue weighted by molar-refractivity contribution is -0.138. The summed E-state index contributed by atoms with van der Waals surface area (Å²) in [6.45, 7) is 4.14. The molecule has 17 heavy (non-hydrogen) atoms. The molecule has 94 valence electrons. The van der Waals surface area contributed by atoms with E-state index in [9.17, 15) is 4.79 Å². The van der Waals surface area contributed by atoms with E-state index in [0.717, 1.165) is 31.6 Å². The van der Waals surface area contributed by atoms with Crippen molar-refractivity contribution in [2.24, 2.45) is 5.92 Å². The second-order valence-electron chi connectivity index (χ2n) is 4.67. The number of rotatable bonds is 4. The van der Waals surface area contributed by atoms with Gasteiger partial charge in [0.1, 0.15) is 0 Å². The van der Waals surface area contributed by atoms with Crippen LogP contribution in [0.3, 0.4) is 0 Å². The van der Waals surface area contributed by atoms with Crippen LogP contribution in [0.2, 0.25) is 0 Å². The molecule has 1 fully saturated rings. The molecule has 0 amide bonds. The van der Waals surface area contributed by atoms with Crippen molar-refractivity contribution in [3.8, 4) is 0 Å². The lowest BCUT2D eigenvalue weighted by Gasteiger charge is -2.34. The molecule has 2 heterocycles. The Hall–Kier alpha value is -0.940. The summed E-state index contributed by atoms with van der Waals surface area (Å²) in [5, 5.41) is 10.9. The second-order valence-corrected chi connectivity index (χ2v) is 5.39. The lowest BCUT2D eigenvalue weighted by atomic mass is 9.93. The van der Waals surface area contributed by atoms with Gasteiger partial charge in [0.15, 0.2) is 0 Å². The Morgan fingerprint density at radius 3 is 2.88 bits per heavy atom. The Balaban J connectivity index is 1.84. The zero-order valence-electron chi connectivity index (χ0n) is 10.0. The number of carbonyl (C=O) groups is 1. The van der Waals surface area contributed by atoms with E-state index < -0.39 is 5.97 Å². The van der Waals surface area contributed by atoms with Crippen molar-refractivity contribution in [1.29, 1.82) is 0 Å². The summed E-state index contributed by atoms with van der Waals surface area (Å²) in [7, 11) is 0. The van der Waals surface area contributed by atoms with Crippen LogP contribution in [-0.4, -0.2) is 34.0 Å². The molecular formula is C12H18N2O2S. The van der Waals surface area contributed by atoms with Crippen molar-refractivity contribution in [3.05, 3.63) is 16.6 Å². The summed E-state index contributed by atoms with van der Waals surface area (Å²) in [5.74, 6) is -0.317. The average molecular weight is 254 g/mol. The fourth-order valence-electron chi connectivity index (χ4n) is 2.41. The van der Waals surface area contributed by atoms with E-state index in [1.807, 2.05) is 5.51 Å². The van der Waals surface area contributed by atoms with Crippen LogP contribution in [0.5, 0.6) is 0 Å². The number of piperidine rings is 1. The third-order valence-electron chi connectivity index (χ3n) is 3.54. The Labute approximate surface area is 105 Å². The molecule has 2 rings (SSSR count). The number of hydrogen-bond donors (Lipinski definition) is 1. The van der Waals surface area contributed by atoms with Gasteiger partial charge in [-0.3, -0.25) is 9.69 Å². The maximum Gasteiger partial charge on any atom is 0.303 e. The predicted octanol–water partition coefficient (Wildman–Crippen LogP) is 2.39. The van der Waals surface area contributed by atoms with Gasteiger partial charge in [-0.05, 0) is 38.8 Å². The molecule has 0 radical (unpaired) electrons.